The SMILES string of the molecule is COCC1c2ccccc2-c2ccccc21.NCCCNC(NC=O)C(=O)O. The maximum Gasteiger partial charge on any atom is 0.341 e. The van der Waals surface area contributed by atoms with E-state index in [2.05, 4.69) is 59.2 Å². The van der Waals surface area contributed by atoms with Gasteiger partial charge in [-0.2, -0.15) is 0 Å². The molecular weight excluding hydrogens is 358 g/mol. The van der Waals surface area contributed by atoms with Gasteiger partial charge in [0.05, 0.1) is 6.61 Å². The van der Waals surface area contributed by atoms with Crippen LogP contribution in [0.1, 0.15) is 23.5 Å². The highest BCUT2D eigenvalue weighted by atomic mass is 16.5. The molecule has 0 aliphatic heterocycles. The van der Waals surface area contributed by atoms with Crippen LogP contribution in [0.25, 0.3) is 11.1 Å². The molecule has 1 atom stereocenters. The minimum atomic E-state index is -1.11. The van der Waals surface area contributed by atoms with Crippen LogP contribution in [0.4, 0.5) is 0 Å². The molecule has 0 spiro atoms. The van der Waals surface area contributed by atoms with Crippen LogP contribution in [0.15, 0.2) is 48.5 Å². The fourth-order valence-corrected chi connectivity index (χ4v) is 3.24. The van der Waals surface area contributed by atoms with Crippen molar-refractivity contribution in [2.24, 2.45) is 5.73 Å². The summed E-state index contributed by atoms with van der Waals surface area (Å²) in [7, 11) is 1.77. The Hall–Kier alpha value is -2.74. The number of methoxy groups -OCH3 is 1. The average molecular weight is 385 g/mol. The average Bonchev–Trinajstić information content (AvgIpc) is 3.02. The summed E-state index contributed by atoms with van der Waals surface area (Å²) in [4.78, 5) is 20.3. The first-order chi connectivity index (χ1) is 13.6. The molecule has 0 fully saturated rings. The topological polar surface area (TPSA) is 114 Å². The number of rotatable bonds is 9. The number of carboxylic acids is 1. The molecule has 2 aromatic carbocycles. The highest BCUT2D eigenvalue weighted by Crippen LogP contribution is 2.44. The van der Waals surface area contributed by atoms with E-state index in [1.54, 1.807) is 7.11 Å². The molecule has 0 radical (unpaired) electrons. The van der Waals surface area contributed by atoms with E-state index in [0.29, 0.717) is 31.8 Å². The van der Waals surface area contributed by atoms with Crippen LogP contribution in [0, 0.1) is 0 Å². The molecule has 0 heterocycles. The lowest BCUT2D eigenvalue weighted by Gasteiger charge is -2.11. The number of hydrogen-bond acceptors (Lipinski definition) is 5. The van der Waals surface area contributed by atoms with E-state index in [1.807, 2.05) is 0 Å². The molecule has 150 valence electrons. The predicted octanol–water partition coefficient (Wildman–Crippen LogP) is 1.53. The van der Waals surface area contributed by atoms with Crippen molar-refractivity contribution in [2.75, 3.05) is 26.8 Å². The second kappa shape index (κ2) is 11.2. The van der Waals surface area contributed by atoms with Crippen molar-refractivity contribution in [1.82, 2.24) is 10.6 Å². The van der Waals surface area contributed by atoms with Crippen molar-refractivity contribution in [3.05, 3.63) is 59.7 Å². The lowest BCUT2D eigenvalue weighted by atomic mass is 9.98. The summed E-state index contributed by atoms with van der Waals surface area (Å²) >= 11 is 0. The summed E-state index contributed by atoms with van der Waals surface area (Å²) in [5.41, 5.74) is 10.7. The predicted molar refractivity (Wildman–Crippen MR) is 108 cm³/mol. The van der Waals surface area contributed by atoms with Gasteiger partial charge in [-0.3, -0.25) is 10.1 Å². The van der Waals surface area contributed by atoms with Gasteiger partial charge in [-0.25, -0.2) is 4.79 Å². The number of aliphatic carboxylic acids is 1. The molecule has 0 bridgehead atoms. The third-order valence-electron chi connectivity index (χ3n) is 4.51. The van der Waals surface area contributed by atoms with Crippen molar-refractivity contribution in [1.29, 1.82) is 0 Å². The van der Waals surface area contributed by atoms with E-state index in [9.17, 15) is 9.59 Å². The minimum absolute atomic E-state index is 0.342. The van der Waals surface area contributed by atoms with Gasteiger partial charge in [-0.1, -0.05) is 48.5 Å². The van der Waals surface area contributed by atoms with Crippen molar-refractivity contribution < 1.29 is 19.4 Å². The zero-order valence-corrected chi connectivity index (χ0v) is 15.9. The van der Waals surface area contributed by atoms with Crippen LogP contribution in [0.3, 0.4) is 0 Å². The molecule has 0 aromatic heterocycles. The van der Waals surface area contributed by atoms with E-state index in [4.69, 9.17) is 15.6 Å². The fraction of sp³-hybridized carbons (Fsp3) is 0.333. The van der Waals surface area contributed by atoms with Gasteiger partial charge in [-0.15, -0.1) is 0 Å². The number of nitrogens with one attached hydrogen (secondary N) is 2. The molecule has 1 aliphatic rings. The molecule has 7 nitrogen and oxygen atoms in total. The van der Waals surface area contributed by atoms with E-state index in [-0.39, 0.29) is 0 Å². The van der Waals surface area contributed by atoms with Gasteiger partial charge < -0.3 is 20.9 Å². The molecule has 1 aliphatic carbocycles. The summed E-state index contributed by atoms with van der Waals surface area (Å²) in [5, 5.41) is 13.2. The Balaban J connectivity index is 0.000000211. The van der Waals surface area contributed by atoms with Crippen LogP contribution in [-0.2, 0) is 14.3 Å². The second-order valence-corrected chi connectivity index (χ2v) is 6.33. The molecule has 7 heteroatoms. The number of carbonyl (C=O) groups excluding carboxylic acids is 1. The Bertz CT molecular complexity index is 736. The van der Waals surface area contributed by atoms with Crippen LogP contribution >= 0.6 is 0 Å². The summed E-state index contributed by atoms with van der Waals surface area (Å²) in [6.07, 6.45) is -0.00695. The zero-order valence-electron chi connectivity index (χ0n) is 15.9. The second-order valence-electron chi connectivity index (χ2n) is 6.33. The standard InChI is InChI=1S/C15H14O.C6H13N3O3/c1-16-10-15-13-8-4-2-6-11(13)12-7-3-5-9-14(12)15;7-2-1-3-8-5(6(11)12)9-4-10/h2-9,15H,10H2,1H3;4-5,8H,1-3,7H2,(H,9,10)(H,11,12). The number of amides is 1. The number of carbonyl (C=O) groups is 2. The zero-order chi connectivity index (χ0) is 20.4. The lowest BCUT2D eigenvalue weighted by molar-refractivity contribution is -0.141. The van der Waals surface area contributed by atoms with E-state index < -0.39 is 12.1 Å². The molecule has 28 heavy (non-hydrogen) atoms. The van der Waals surface area contributed by atoms with E-state index >= 15 is 0 Å². The van der Waals surface area contributed by atoms with Gasteiger partial charge >= 0.3 is 5.97 Å². The van der Waals surface area contributed by atoms with Crippen molar-refractivity contribution in [3.8, 4) is 11.1 Å². The number of nitrogens with two attached hydrogens (primary N) is 1. The molecule has 0 saturated heterocycles. The first-order valence-corrected chi connectivity index (χ1v) is 9.17. The number of fused-ring (bicyclic) bond motifs is 3. The Morgan fingerprint density at radius 3 is 2.21 bits per heavy atom. The van der Waals surface area contributed by atoms with Gasteiger partial charge in [0.25, 0.3) is 0 Å². The first kappa shape index (κ1) is 21.6. The van der Waals surface area contributed by atoms with Gasteiger partial charge in [0.2, 0.25) is 6.41 Å². The minimum Gasteiger partial charge on any atom is -0.479 e. The number of ether oxygens (including phenoxy) is 1. The van der Waals surface area contributed by atoms with Crippen LogP contribution in [0.5, 0.6) is 0 Å². The Kier molecular flexibility index (Phi) is 8.61. The van der Waals surface area contributed by atoms with Crippen molar-refractivity contribution in [2.45, 2.75) is 18.5 Å². The van der Waals surface area contributed by atoms with Crippen LogP contribution < -0.4 is 16.4 Å². The molecule has 1 amide bonds. The first-order valence-electron chi connectivity index (χ1n) is 9.17. The largest absolute Gasteiger partial charge is 0.479 e. The summed E-state index contributed by atoms with van der Waals surface area (Å²) < 4.78 is 5.34. The van der Waals surface area contributed by atoms with E-state index in [1.165, 1.54) is 22.3 Å². The lowest BCUT2D eigenvalue weighted by Crippen LogP contribution is -2.48. The maximum absolute atomic E-state index is 10.4. The highest BCUT2D eigenvalue weighted by molar-refractivity contribution is 5.78. The number of carboxylic acid groups (broad SMARTS) is 1. The van der Waals surface area contributed by atoms with Gasteiger partial charge in [0.1, 0.15) is 0 Å². The highest BCUT2D eigenvalue weighted by Gasteiger charge is 2.27. The summed E-state index contributed by atoms with van der Waals surface area (Å²) in [6, 6.07) is 17.2. The Morgan fingerprint density at radius 2 is 1.75 bits per heavy atom. The monoisotopic (exact) mass is 385 g/mol. The normalized spacial score (nSPS) is 12.9. The third kappa shape index (κ3) is 5.39. The molecule has 2 aromatic rings. The van der Waals surface area contributed by atoms with E-state index in [0.717, 1.165) is 6.61 Å². The quantitative estimate of drug-likeness (QED) is 0.296. The molecule has 3 rings (SSSR count). The maximum atomic E-state index is 10.4. The Labute approximate surface area is 164 Å². The molecule has 0 saturated carbocycles. The number of benzene rings is 2. The van der Waals surface area contributed by atoms with Gasteiger partial charge in [0.15, 0.2) is 6.17 Å². The third-order valence-corrected chi connectivity index (χ3v) is 4.51. The van der Waals surface area contributed by atoms with Crippen molar-refractivity contribution >= 4 is 12.4 Å². The smallest absolute Gasteiger partial charge is 0.341 e. The van der Waals surface area contributed by atoms with Gasteiger partial charge in [0, 0.05) is 13.0 Å². The fourth-order valence-electron chi connectivity index (χ4n) is 3.24. The van der Waals surface area contributed by atoms with Crippen LogP contribution in [0.2, 0.25) is 0 Å². The number of hydrogen-bond donors (Lipinski definition) is 4. The Morgan fingerprint density at radius 1 is 1.18 bits per heavy atom. The van der Waals surface area contributed by atoms with Crippen molar-refractivity contribution in [3.63, 3.8) is 0 Å². The summed E-state index contributed by atoms with van der Waals surface area (Å²) in [5.74, 6) is -0.712. The molecule has 5 N–H and O–H groups in total. The summed E-state index contributed by atoms with van der Waals surface area (Å²) in [6.45, 7) is 1.71. The molecule has 1 unspecified atom stereocenters. The van der Waals surface area contributed by atoms with Gasteiger partial charge in [-0.05, 0) is 41.8 Å². The van der Waals surface area contributed by atoms with Crippen LogP contribution in [-0.4, -0.2) is 50.5 Å². The molecular formula is C21H27N3O4.